The Morgan fingerprint density at radius 2 is 1.33 bits per heavy atom. The first kappa shape index (κ1) is 31.9. The Kier molecular flexibility index (Phi) is 10.3. The number of hydrazone groups is 1. The molecule has 3 N–H and O–H groups in total. The molecule has 45 heavy (non-hydrogen) atoms. The minimum absolute atomic E-state index is 0.131. The van der Waals surface area contributed by atoms with E-state index >= 15 is 0 Å². The zero-order chi connectivity index (χ0) is 31.9. The molecule has 0 amide bonds. The Morgan fingerprint density at radius 3 is 1.98 bits per heavy atom. The van der Waals surface area contributed by atoms with E-state index in [1.165, 1.54) is 42.4 Å². The summed E-state index contributed by atoms with van der Waals surface area (Å²) in [5.74, 6) is 0.780. The number of hydrogen-bond donors (Lipinski definition) is 3. The SMILES string of the molecule is CCCCCCCCOc1ccc(-c2cc(-c3ccc(C)cc3C)cc(-c3ccc(C)cc3C)c2C2=CC=NN(O)N2)c(O)c1. The van der Waals surface area contributed by atoms with Gasteiger partial charge in [-0.1, -0.05) is 91.8 Å². The van der Waals surface area contributed by atoms with Crippen molar-refractivity contribution in [3.05, 3.63) is 101 Å². The predicted molar refractivity (Wildman–Crippen MR) is 185 cm³/mol. The van der Waals surface area contributed by atoms with Crippen LogP contribution in [-0.4, -0.2) is 28.4 Å². The number of nitrogens with zero attached hydrogens (tertiary/aromatic N) is 2. The van der Waals surface area contributed by atoms with Gasteiger partial charge in [0.05, 0.1) is 18.5 Å². The third-order valence-corrected chi connectivity index (χ3v) is 8.44. The third kappa shape index (κ3) is 7.58. The number of hydrogen-bond acceptors (Lipinski definition) is 6. The fraction of sp³-hybridized carbons (Fsp3) is 0.308. The van der Waals surface area contributed by atoms with E-state index in [9.17, 15) is 10.3 Å². The summed E-state index contributed by atoms with van der Waals surface area (Å²) < 4.78 is 6.04. The van der Waals surface area contributed by atoms with Gasteiger partial charge in [-0.05, 0) is 103 Å². The number of phenols is 1. The van der Waals surface area contributed by atoms with Crippen molar-refractivity contribution >= 4 is 11.9 Å². The van der Waals surface area contributed by atoms with Crippen LogP contribution in [0.1, 0.15) is 73.3 Å². The second-order valence-electron chi connectivity index (χ2n) is 12.1. The number of hydrazine groups is 1. The molecule has 4 aromatic rings. The van der Waals surface area contributed by atoms with Crippen LogP contribution in [-0.2, 0) is 0 Å². The van der Waals surface area contributed by atoms with Crippen molar-refractivity contribution in [3.8, 4) is 44.9 Å². The van der Waals surface area contributed by atoms with Gasteiger partial charge in [-0.3, -0.25) is 10.6 Å². The molecule has 4 aromatic carbocycles. The normalized spacial score (nSPS) is 12.7. The minimum Gasteiger partial charge on any atom is -0.507 e. The highest BCUT2D eigenvalue weighted by Crippen LogP contribution is 2.45. The smallest absolute Gasteiger partial charge is 0.127 e. The van der Waals surface area contributed by atoms with Crippen molar-refractivity contribution in [2.75, 3.05) is 6.61 Å². The van der Waals surface area contributed by atoms with E-state index in [4.69, 9.17) is 4.74 Å². The van der Waals surface area contributed by atoms with Gasteiger partial charge >= 0.3 is 0 Å². The molecule has 0 atom stereocenters. The number of allylic oxidation sites excluding steroid dienone is 1. The molecular weight excluding hydrogens is 558 g/mol. The molecule has 0 aromatic heterocycles. The van der Waals surface area contributed by atoms with Gasteiger partial charge in [0, 0.05) is 17.2 Å². The third-order valence-electron chi connectivity index (χ3n) is 8.44. The highest BCUT2D eigenvalue weighted by Gasteiger charge is 2.23. The predicted octanol–water partition coefficient (Wildman–Crippen LogP) is 9.90. The zero-order valence-corrected chi connectivity index (χ0v) is 27.2. The van der Waals surface area contributed by atoms with Gasteiger partial charge in [0.15, 0.2) is 0 Å². The van der Waals surface area contributed by atoms with Gasteiger partial charge in [-0.2, -0.15) is 0 Å². The molecule has 234 valence electrons. The van der Waals surface area contributed by atoms with E-state index in [2.05, 4.69) is 93.7 Å². The lowest BCUT2D eigenvalue weighted by Crippen LogP contribution is -2.31. The quantitative estimate of drug-likeness (QED) is 0.141. The van der Waals surface area contributed by atoms with E-state index in [-0.39, 0.29) is 5.75 Å². The number of aryl methyl sites for hydroxylation is 4. The van der Waals surface area contributed by atoms with Crippen LogP contribution in [0.3, 0.4) is 0 Å². The van der Waals surface area contributed by atoms with E-state index in [0.29, 0.717) is 28.9 Å². The van der Waals surface area contributed by atoms with Crippen LogP contribution in [0.5, 0.6) is 11.5 Å². The Morgan fingerprint density at radius 1 is 0.711 bits per heavy atom. The molecule has 0 saturated carbocycles. The fourth-order valence-corrected chi connectivity index (χ4v) is 6.15. The molecule has 0 spiro atoms. The number of phenolic OH excluding ortho intramolecular Hbond substituents is 1. The average Bonchev–Trinajstić information content (AvgIpc) is 3.00. The Balaban J connectivity index is 1.65. The van der Waals surface area contributed by atoms with E-state index < -0.39 is 0 Å². The summed E-state index contributed by atoms with van der Waals surface area (Å²) in [7, 11) is 0. The van der Waals surface area contributed by atoms with Gasteiger partial charge in [0.1, 0.15) is 11.5 Å². The number of aromatic hydroxyl groups is 1. The summed E-state index contributed by atoms with van der Waals surface area (Å²) in [6.45, 7) is 11.3. The van der Waals surface area contributed by atoms with Crippen LogP contribution < -0.4 is 10.2 Å². The second kappa shape index (κ2) is 14.5. The van der Waals surface area contributed by atoms with Crippen molar-refractivity contribution in [2.24, 2.45) is 5.10 Å². The largest absolute Gasteiger partial charge is 0.507 e. The van der Waals surface area contributed by atoms with Crippen molar-refractivity contribution in [3.63, 3.8) is 0 Å². The summed E-state index contributed by atoms with van der Waals surface area (Å²) in [6, 6.07) is 22.8. The summed E-state index contributed by atoms with van der Waals surface area (Å²) in [5.41, 5.74) is 14.9. The summed E-state index contributed by atoms with van der Waals surface area (Å²) in [4.78, 5) is 0. The minimum atomic E-state index is 0.131. The second-order valence-corrected chi connectivity index (χ2v) is 12.1. The molecular formula is C39H45N3O3. The number of nitrogens with one attached hydrogen (secondary N) is 1. The van der Waals surface area contributed by atoms with Gasteiger partial charge in [-0.15, -0.1) is 5.10 Å². The molecule has 1 aliphatic heterocycles. The molecule has 5 rings (SSSR count). The lowest BCUT2D eigenvalue weighted by atomic mass is 9.84. The van der Waals surface area contributed by atoms with E-state index in [1.54, 1.807) is 12.3 Å². The van der Waals surface area contributed by atoms with Crippen molar-refractivity contribution in [1.82, 2.24) is 10.7 Å². The fourth-order valence-electron chi connectivity index (χ4n) is 6.15. The number of rotatable bonds is 12. The summed E-state index contributed by atoms with van der Waals surface area (Å²) in [5, 5.41) is 26.5. The standard InChI is InChI=1S/C39H45N3O3/c1-6-7-8-9-10-11-20-45-31-14-17-34(38(43)25-31)36-24-30(32-15-12-26(2)21-28(32)4)23-35(33-16-13-27(3)22-29(33)5)39(36)37-18-19-40-42(44)41-37/h12-19,21-25,41,43-44H,6-11,20H2,1-5H3. The Hall–Kier alpha value is -4.55. The Labute approximate surface area is 267 Å². The van der Waals surface area contributed by atoms with E-state index in [1.807, 2.05) is 18.2 Å². The molecule has 0 fully saturated rings. The molecule has 0 saturated heterocycles. The van der Waals surface area contributed by atoms with Crippen LogP contribution in [0.2, 0.25) is 0 Å². The van der Waals surface area contributed by atoms with Crippen LogP contribution in [0.4, 0.5) is 0 Å². The first-order chi connectivity index (χ1) is 21.7. The monoisotopic (exact) mass is 603 g/mol. The maximum atomic E-state index is 11.5. The first-order valence-electron chi connectivity index (χ1n) is 16.0. The number of benzene rings is 4. The molecule has 1 aliphatic rings. The average molecular weight is 604 g/mol. The topological polar surface area (TPSA) is 77.3 Å². The molecule has 6 heteroatoms. The zero-order valence-electron chi connectivity index (χ0n) is 27.2. The van der Waals surface area contributed by atoms with Gasteiger partial charge in [0.25, 0.3) is 0 Å². The van der Waals surface area contributed by atoms with Gasteiger partial charge < -0.3 is 9.84 Å². The van der Waals surface area contributed by atoms with Crippen LogP contribution in [0.15, 0.2) is 77.9 Å². The number of unbranched alkanes of at least 4 members (excludes halogenated alkanes) is 5. The van der Waals surface area contributed by atoms with Crippen molar-refractivity contribution in [1.29, 1.82) is 0 Å². The van der Waals surface area contributed by atoms with Crippen LogP contribution in [0, 0.1) is 27.7 Å². The molecule has 0 radical (unpaired) electrons. The summed E-state index contributed by atoms with van der Waals surface area (Å²) in [6.07, 6.45) is 10.5. The lowest BCUT2D eigenvalue weighted by Gasteiger charge is -2.25. The first-order valence-corrected chi connectivity index (χ1v) is 16.0. The Bertz CT molecular complexity index is 1720. The summed E-state index contributed by atoms with van der Waals surface area (Å²) >= 11 is 0. The highest BCUT2D eigenvalue weighted by atomic mass is 16.6. The van der Waals surface area contributed by atoms with Crippen LogP contribution >= 0.6 is 0 Å². The van der Waals surface area contributed by atoms with E-state index in [0.717, 1.165) is 51.8 Å². The molecule has 0 aliphatic carbocycles. The highest BCUT2D eigenvalue weighted by molar-refractivity contribution is 5.99. The van der Waals surface area contributed by atoms with Crippen LogP contribution in [0.25, 0.3) is 39.1 Å². The lowest BCUT2D eigenvalue weighted by molar-refractivity contribution is -0.120. The van der Waals surface area contributed by atoms with Crippen molar-refractivity contribution in [2.45, 2.75) is 73.1 Å². The molecule has 6 nitrogen and oxygen atoms in total. The molecule has 0 bridgehead atoms. The maximum absolute atomic E-state index is 11.5. The maximum Gasteiger partial charge on any atom is 0.127 e. The molecule has 1 heterocycles. The van der Waals surface area contributed by atoms with Gasteiger partial charge in [-0.25, -0.2) is 0 Å². The number of ether oxygens (including phenoxy) is 1. The van der Waals surface area contributed by atoms with Gasteiger partial charge in [0.2, 0.25) is 0 Å². The van der Waals surface area contributed by atoms with Crippen molar-refractivity contribution < 1.29 is 15.1 Å². The molecule has 0 unspecified atom stereocenters.